The molecule has 0 bridgehead atoms. The normalized spacial score (nSPS) is 18.7. The summed E-state index contributed by atoms with van der Waals surface area (Å²) in [5.41, 5.74) is 0.685. The van der Waals surface area contributed by atoms with Gasteiger partial charge in [0.05, 0.1) is 12.2 Å². The van der Waals surface area contributed by atoms with E-state index >= 15 is 0 Å². The predicted octanol–water partition coefficient (Wildman–Crippen LogP) is 0.235. The van der Waals surface area contributed by atoms with Gasteiger partial charge in [-0.05, 0) is 18.9 Å². The largest absolute Gasteiger partial charge is 0.480 e. The second-order valence-electron chi connectivity index (χ2n) is 4.05. The Morgan fingerprint density at radius 2 is 2.39 bits per heavy atom. The number of carbonyl (C=O) groups is 2. The summed E-state index contributed by atoms with van der Waals surface area (Å²) < 4.78 is 0. The van der Waals surface area contributed by atoms with Gasteiger partial charge in [0.2, 0.25) is 0 Å². The number of carboxylic acids is 1. The molecule has 1 aliphatic rings. The summed E-state index contributed by atoms with van der Waals surface area (Å²) in [5, 5.41) is 11.6. The molecule has 7 nitrogen and oxygen atoms in total. The highest BCUT2D eigenvalue weighted by Gasteiger charge is 2.33. The van der Waals surface area contributed by atoms with Crippen molar-refractivity contribution >= 4 is 12.0 Å². The van der Waals surface area contributed by atoms with Gasteiger partial charge >= 0.3 is 12.0 Å². The minimum absolute atomic E-state index is 0.268. The van der Waals surface area contributed by atoms with Gasteiger partial charge in [0.15, 0.2) is 0 Å². The molecule has 0 radical (unpaired) electrons. The molecule has 0 aromatic carbocycles. The molecular formula is C11H14N4O3. The van der Waals surface area contributed by atoms with Crippen LogP contribution in [0.3, 0.4) is 0 Å². The van der Waals surface area contributed by atoms with E-state index in [0.29, 0.717) is 18.7 Å². The fourth-order valence-corrected chi connectivity index (χ4v) is 1.96. The third-order valence-electron chi connectivity index (χ3n) is 2.86. The zero-order valence-electron chi connectivity index (χ0n) is 9.74. The average molecular weight is 250 g/mol. The van der Waals surface area contributed by atoms with Crippen LogP contribution >= 0.6 is 0 Å². The summed E-state index contributed by atoms with van der Waals surface area (Å²) in [6.07, 6.45) is 4.22. The molecule has 7 heteroatoms. The van der Waals surface area contributed by atoms with Crippen LogP contribution in [0.4, 0.5) is 4.79 Å². The third kappa shape index (κ3) is 2.73. The fourth-order valence-electron chi connectivity index (χ4n) is 1.96. The van der Waals surface area contributed by atoms with Crippen molar-refractivity contribution in [1.82, 2.24) is 20.2 Å². The number of aliphatic carboxylic acids is 1. The van der Waals surface area contributed by atoms with Gasteiger partial charge in [0.25, 0.3) is 0 Å². The second kappa shape index (κ2) is 5.44. The molecule has 1 atom stereocenters. The van der Waals surface area contributed by atoms with Crippen molar-refractivity contribution in [2.75, 3.05) is 6.54 Å². The van der Waals surface area contributed by atoms with Crippen LogP contribution in [0.25, 0.3) is 0 Å². The molecule has 2 rings (SSSR count). The summed E-state index contributed by atoms with van der Waals surface area (Å²) in [7, 11) is 0. The first-order valence-corrected chi connectivity index (χ1v) is 5.70. The first-order chi connectivity index (χ1) is 8.68. The number of hydrogen-bond acceptors (Lipinski definition) is 4. The van der Waals surface area contributed by atoms with Crippen LogP contribution < -0.4 is 5.32 Å². The Balaban J connectivity index is 1.90. The topological polar surface area (TPSA) is 95.4 Å². The fraction of sp³-hybridized carbons (Fsp3) is 0.455. The van der Waals surface area contributed by atoms with Crippen LogP contribution in [0, 0.1) is 0 Å². The van der Waals surface area contributed by atoms with Gasteiger partial charge in [-0.2, -0.15) is 0 Å². The van der Waals surface area contributed by atoms with Crippen molar-refractivity contribution in [2.24, 2.45) is 0 Å². The molecule has 1 saturated heterocycles. The molecule has 1 aliphatic heterocycles. The molecule has 96 valence electrons. The number of amides is 2. The standard InChI is InChI=1S/C11H14N4O3/c16-10(17)9-2-1-5-15(9)11(18)13-6-8-3-4-12-7-14-8/h3-4,7,9H,1-2,5-6H2,(H,13,18)(H,16,17)/t9-/m0/s1. The summed E-state index contributed by atoms with van der Waals surface area (Å²) in [5.74, 6) is -0.954. The zero-order valence-corrected chi connectivity index (χ0v) is 9.74. The number of aromatic nitrogens is 2. The quantitative estimate of drug-likeness (QED) is 0.801. The van der Waals surface area contributed by atoms with Gasteiger partial charge in [-0.3, -0.25) is 0 Å². The van der Waals surface area contributed by atoms with E-state index in [0.717, 1.165) is 6.42 Å². The molecule has 0 saturated carbocycles. The Hall–Kier alpha value is -2.18. The number of rotatable bonds is 3. The maximum absolute atomic E-state index is 11.8. The van der Waals surface area contributed by atoms with Crippen LogP contribution in [0.15, 0.2) is 18.6 Å². The molecule has 2 N–H and O–H groups in total. The summed E-state index contributed by atoms with van der Waals surface area (Å²) in [6.45, 7) is 0.747. The van der Waals surface area contributed by atoms with Crippen molar-refractivity contribution in [3.63, 3.8) is 0 Å². The van der Waals surface area contributed by atoms with Crippen molar-refractivity contribution < 1.29 is 14.7 Å². The van der Waals surface area contributed by atoms with Crippen LogP contribution in [0.2, 0.25) is 0 Å². The SMILES string of the molecule is O=C(O)[C@@H]1CCCN1C(=O)NCc1ccncn1. The van der Waals surface area contributed by atoms with Gasteiger partial charge < -0.3 is 15.3 Å². The van der Waals surface area contributed by atoms with Crippen LogP contribution in [-0.4, -0.2) is 44.6 Å². The summed E-state index contributed by atoms with van der Waals surface area (Å²) in [4.78, 5) is 31.9. The lowest BCUT2D eigenvalue weighted by Crippen LogP contribution is -2.45. The maximum atomic E-state index is 11.8. The molecular weight excluding hydrogens is 236 g/mol. The number of urea groups is 1. The second-order valence-corrected chi connectivity index (χ2v) is 4.05. The first kappa shape index (κ1) is 12.3. The van der Waals surface area contributed by atoms with Crippen LogP contribution in [0.1, 0.15) is 18.5 Å². The van der Waals surface area contributed by atoms with Crippen LogP contribution in [-0.2, 0) is 11.3 Å². The minimum atomic E-state index is -0.954. The summed E-state index contributed by atoms with van der Waals surface area (Å²) in [6, 6.07) is 0.618. The lowest BCUT2D eigenvalue weighted by atomic mass is 10.2. The molecule has 1 fully saturated rings. The van der Waals surface area contributed by atoms with Crippen molar-refractivity contribution in [3.8, 4) is 0 Å². The van der Waals surface area contributed by atoms with E-state index in [1.165, 1.54) is 11.2 Å². The van der Waals surface area contributed by atoms with E-state index in [-0.39, 0.29) is 12.6 Å². The Labute approximate surface area is 104 Å². The molecule has 2 amide bonds. The third-order valence-corrected chi connectivity index (χ3v) is 2.86. The highest BCUT2D eigenvalue weighted by molar-refractivity contribution is 5.83. The van der Waals surface area contributed by atoms with Gasteiger partial charge in [-0.25, -0.2) is 19.6 Å². The minimum Gasteiger partial charge on any atom is -0.480 e. The molecule has 1 aromatic heterocycles. The first-order valence-electron chi connectivity index (χ1n) is 5.70. The number of likely N-dealkylation sites (tertiary alicyclic amines) is 1. The molecule has 0 spiro atoms. The number of nitrogens with one attached hydrogen (secondary N) is 1. The molecule has 2 heterocycles. The lowest BCUT2D eigenvalue weighted by molar-refractivity contribution is -0.141. The average Bonchev–Trinajstić information content (AvgIpc) is 2.86. The van der Waals surface area contributed by atoms with E-state index in [2.05, 4.69) is 15.3 Å². The van der Waals surface area contributed by atoms with Crippen LogP contribution in [0.5, 0.6) is 0 Å². The van der Waals surface area contributed by atoms with Crippen molar-refractivity contribution in [1.29, 1.82) is 0 Å². The molecule has 18 heavy (non-hydrogen) atoms. The van der Waals surface area contributed by atoms with Gasteiger partial charge in [0, 0.05) is 12.7 Å². The van der Waals surface area contributed by atoms with Crippen molar-refractivity contribution in [3.05, 3.63) is 24.3 Å². The number of nitrogens with zero attached hydrogens (tertiary/aromatic N) is 3. The smallest absolute Gasteiger partial charge is 0.326 e. The van der Waals surface area contributed by atoms with Gasteiger partial charge in [0.1, 0.15) is 12.4 Å². The summed E-state index contributed by atoms with van der Waals surface area (Å²) >= 11 is 0. The number of carbonyl (C=O) groups excluding carboxylic acids is 1. The highest BCUT2D eigenvalue weighted by Crippen LogP contribution is 2.17. The van der Waals surface area contributed by atoms with Crippen molar-refractivity contribution in [2.45, 2.75) is 25.4 Å². The van der Waals surface area contributed by atoms with E-state index < -0.39 is 12.0 Å². The lowest BCUT2D eigenvalue weighted by Gasteiger charge is -2.21. The Morgan fingerprint density at radius 1 is 1.56 bits per heavy atom. The van der Waals surface area contributed by atoms with E-state index in [1.807, 2.05) is 0 Å². The predicted molar refractivity (Wildman–Crippen MR) is 61.6 cm³/mol. The molecule has 0 unspecified atom stereocenters. The highest BCUT2D eigenvalue weighted by atomic mass is 16.4. The number of hydrogen-bond donors (Lipinski definition) is 2. The van der Waals surface area contributed by atoms with E-state index in [9.17, 15) is 9.59 Å². The van der Waals surface area contributed by atoms with Gasteiger partial charge in [-0.1, -0.05) is 0 Å². The Morgan fingerprint density at radius 3 is 3.06 bits per heavy atom. The molecule has 1 aromatic rings. The Kier molecular flexibility index (Phi) is 3.71. The maximum Gasteiger partial charge on any atom is 0.326 e. The zero-order chi connectivity index (χ0) is 13.0. The van der Waals surface area contributed by atoms with Gasteiger partial charge in [-0.15, -0.1) is 0 Å². The molecule has 0 aliphatic carbocycles. The Bertz CT molecular complexity index is 437. The van der Waals surface area contributed by atoms with E-state index in [1.54, 1.807) is 12.3 Å². The number of carboxylic acid groups (broad SMARTS) is 1. The van der Waals surface area contributed by atoms with E-state index in [4.69, 9.17) is 5.11 Å². The monoisotopic (exact) mass is 250 g/mol.